The summed E-state index contributed by atoms with van der Waals surface area (Å²) in [6.07, 6.45) is 4.88. The van der Waals surface area contributed by atoms with Gasteiger partial charge in [-0.2, -0.15) is 0 Å². The molecule has 2 unspecified atom stereocenters. The molecule has 2 nitrogen and oxygen atoms in total. The summed E-state index contributed by atoms with van der Waals surface area (Å²) in [6.45, 7) is 4.34. The molecule has 0 bridgehead atoms. The van der Waals surface area contributed by atoms with Crippen molar-refractivity contribution in [1.82, 2.24) is 10.2 Å². The highest BCUT2D eigenvalue weighted by Gasteiger charge is 2.20. The molecule has 1 aromatic carbocycles. The number of nitrogens with one attached hydrogen (secondary N) is 1. The van der Waals surface area contributed by atoms with E-state index < -0.39 is 0 Å². The molecular formula is C16H25FN2. The molecule has 1 heterocycles. The molecule has 2 atom stereocenters. The molecule has 1 fully saturated rings. The molecule has 1 N–H and O–H groups in total. The summed E-state index contributed by atoms with van der Waals surface area (Å²) in [4.78, 5) is 2.36. The Kier molecular flexibility index (Phi) is 5.34. The first-order valence-corrected chi connectivity index (χ1v) is 7.39. The zero-order valence-corrected chi connectivity index (χ0v) is 12.0. The Morgan fingerprint density at radius 3 is 2.89 bits per heavy atom. The molecule has 0 aliphatic carbocycles. The van der Waals surface area contributed by atoms with E-state index >= 15 is 0 Å². The highest BCUT2D eigenvalue weighted by molar-refractivity contribution is 5.20. The molecule has 0 aromatic heterocycles. The van der Waals surface area contributed by atoms with Crippen LogP contribution < -0.4 is 5.32 Å². The third-order valence-corrected chi connectivity index (χ3v) is 4.07. The van der Waals surface area contributed by atoms with E-state index in [9.17, 15) is 4.39 Å². The van der Waals surface area contributed by atoms with Crippen LogP contribution in [0.25, 0.3) is 0 Å². The molecule has 3 heteroatoms. The molecule has 0 radical (unpaired) electrons. The minimum atomic E-state index is -0.139. The van der Waals surface area contributed by atoms with Crippen molar-refractivity contribution in [3.63, 3.8) is 0 Å². The van der Waals surface area contributed by atoms with Gasteiger partial charge in [0.05, 0.1) is 0 Å². The standard InChI is InChI=1S/C16H25FN2/c1-3-16(13-7-6-8-14(17)11-13)19(2)12-15-9-4-5-10-18-15/h6-8,11,15-16,18H,3-5,9-10,12H2,1-2H3. The second kappa shape index (κ2) is 7.01. The van der Waals surface area contributed by atoms with Crippen LogP contribution in [0.5, 0.6) is 0 Å². The molecule has 0 amide bonds. The van der Waals surface area contributed by atoms with Gasteiger partial charge in [0, 0.05) is 18.6 Å². The molecule has 1 saturated heterocycles. The van der Waals surface area contributed by atoms with E-state index in [-0.39, 0.29) is 5.82 Å². The number of likely N-dealkylation sites (N-methyl/N-ethyl adjacent to an activating group) is 1. The zero-order valence-electron chi connectivity index (χ0n) is 12.0. The number of rotatable bonds is 5. The van der Waals surface area contributed by atoms with Crippen LogP contribution in [0.4, 0.5) is 4.39 Å². The van der Waals surface area contributed by atoms with Gasteiger partial charge in [-0.05, 0) is 50.6 Å². The molecule has 1 aliphatic rings. The average molecular weight is 264 g/mol. The number of nitrogens with zero attached hydrogens (tertiary/aromatic N) is 1. The fourth-order valence-corrected chi connectivity index (χ4v) is 3.07. The summed E-state index contributed by atoms with van der Waals surface area (Å²) in [5, 5.41) is 3.58. The van der Waals surface area contributed by atoms with Crippen molar-refractivity contribution in [2.75, 3.05) is 20.1 Å². The Morgan fingerprint density at radius 2 is 2.26 bits per heavy atom. The SMILES string of the molecule is CCC(c1cccc(F)c1)N(C)CC1CCCCN1. The third kappa shape index (κ3) is 4.02. The lowest BCUT2D eigenvalue weighted by molar-refractivity contribution is 0.198. The lowest BCUT2D eigenvalue weighted by atomic mass is 10.00. The quantitative estimate of drug-likeness (QED) is 0.877. The summed E-state index contributed by atoms with van der Waals surface area (Å²) in [6, 6.07) is 7.90. The smallest absolute Gasteiger partial charge is 0.123 e. The van der Waals surface area contributed by atoms with Crippen molar-refractivity contribution >= 4 is 0 Å². The van der Waals surface area contributed by atoms with Crippen molar-refractivity contribution in [3.05, 3.63) is 35.6 Å². The largest absolute Gasteiger partial charge is 0.313 e. The maximum atomic E-state index is 13.4. The molecule has 1 aliphatic heterocycles. The van der Waals surface area contributed by atoms with Crippen molar-refractivity contribution in [1.29, 1.82) is 0 Å². The Balaban J connectivity index is 1.99. The molecule has 2 rings (SSSR count). The highest BCUT2D eigenvalue weighted by Crippen LogP contribution is 2.24. The van der Waals surface area contributed by atoms with Gasteiger partial charge in [-0.25, -0.2) is 4.39 Å². The molecule has 0 saturated carbocycles. The van der Waals surface area contributed by atoms with Gasteiger partial charge >= 0.3 is 0 Å². The summed E-state index contributed by atoms with van der Waals surface area (Å²) in [7, 11) is 2.15. The highest BCUT2D eigenvalue weighted by atomic mass is 19.1. The third-order valence-electron chi connectivity index (χ3n) is 4.07. The number of halogens is 1. The number of piperidine rings is 1. The minimum Gasteiger partial charge on any atom is -0.313 e. The van der Waals surface area contributed by atoms with E-state index in [1.54, 1.807) is 12.1 Å². The van der Waals surface area contributed by atoms with Gasteiger partial charge in [0.25, 0.3) is 0 Å². The van der Waals surface area contributed by atoms with Crippen molar-refractivity contribution < 1.29 is 4.39 Å². The maximum Gasteiger partial charge on any atom is 0.123 e. The van der Waals surface area contributed by atoms with Crippen molar-refractivity contribution in [2.45, 2.75) is 44.7 Å². The van der Waals surface area contributed by atoms with Gasteiger partial charge in [0.1, 0.15) is 5.82 Å². The predicted octanol–water partition coefficient (Wildman–Crippen LogP) is 3.35. The first kappa shape index (κ1) is 14.5. The Labute approximate surface area is 116 Å². The number of hydrogen-bond acceptors (Lipinski definition) is 2. The van der Waals surface area contributed by atoms with E-state index in [2.05, 4.69) is 24.2 Å². The van der Waals surface area contributed by atoms with Crippen LogP contribution in [0.3, 0.4) is 0 Å². The Hall–Kier alpha value is -0.930. The van der Waals surface area contributed by atoms with Crippen LogP contribution in [0.15, 0.2) is 24.3 Å². The van der Waals surface area contributed by atoms with Crippen LogP contribution in [-0.4, -0.2) is 31.1 Å². The van der Waals surface area contributed by atoms with E-state index in [4.69, 9.17) is 0 Å². The van der Waals surface area contributed by atoms with Gasteiger partial charge in [0.2, 0.25) is 0 Å². The molecule has 19 heavy (non-hydrogen) atoms. The Morgan fingerprint density at radius 1 is 1.42 bits per heavy atom. The predicted molar refractivity (Wildman–Crippen MR) is 77.7 cm³/mol. The first-order valence-electron chi connectivity index (χ1n) is 7.39. The molecular weight excluding hydrogens is 239 g/mol. The van der Waals surface area contributed by atoms with Crippen LogP contribution in [0.2, 0.25) is 0 Å². The molecule has 1 aromatic rings. The zero-order chi connectivity index (χ0) is 13.7. The van der Waals surface area contributed by atoms with Crippen molar-refractivity contribution in [2.24, 2.45) is 0 Å². The van der Waals surface area contributed by atoms with Gasteiger partial charge in [-0.3, -0.25) is 4.90 Å². The van der Waals surface area contributed by atoms with Crippen molar-refractivity contribution in [3.8, 4) is 0 Å². The average Bonchev–Trinajstić information content (AvgIpc) is 2.41. The topological polar surface area (TPSA) is 15.3 Å². The second-order valence-electron chi connectivity index (χ2n) is 5.57. The summed E-state index contributed by atoms with van der Waals surface area (Å²) < 4.78 is 13.4. The second-order valence-corrected chi connectivity index (χ2v) is 5.57. The summed E-state index contributed by atoms with van der Waals surface area (Å²) in [5.41, 5.74) is 1.08. The fourth-order valence-electron chi connectivity index (χ4n) is 3.07. The van der Waals surface area contributed by atoms with Gasteiger partial charge in [-0.15, -0.1) is 0 Å². The maximum absolute atomic E-state index is 13.4. The van der Waals surface area contributed by atoms with Crippen LogP contribution in [0, 0.1) is 5.82 Å². The minimum absolute atomic E-state index is 0.139. The monoisotopic (exact) mass is 264 g/mol. The van der Waals surface area contributed by atoms with Crippen LogP contribution in [0.1, 0.15) is 44.2 Å². The van der Waals surface area contributed by atoms with Gasteiger partial charge in [-0.1, -0.05) is 25.5 Å². The fraction of sp³-hybridized carbons (Fsp3) is 0.625. The molecule has 106 valence electrons. The van der Waals surface area contributed by atoms with Crippen LogP contribution >= 0.6 is 0 Å². The van der Waals surface area contributed by atoms with E-state index in [0.29, 0.717) is 12.1 Å². The molecule has 0 spiro atoms. The van der Waals surface area contributed by atoms with Crippen LogP contribution in [-0.2, 0) is 0 Å². The summed E-state index contributed by atoms with van der Waals surface area (Å²) >= 11 is 0. The number of benzene rings is 1. The summed E-state index contributed by atoms with van der Waals surface area (Å²) in [5.74, 6) is -0.139. The number of hydrogen-bond donors (Lipinski definition) is 1. The normalized spacial score (nSPS) is 21.6. The lowest BCUT2D eigenvalue weighted by Crippen LogP contribution is -2.43. The van der Waals surface area contributed by atoms with E-state index in [0.717, 1.165) is 25.1 Å². The Bertz CT molecular complexity index is 388. The van der Waals surface area contributed by atoms with E-state index in [1.165, 1.54) is 25.3 Å². The first-order chi connectivity index (χ1) is 9.20. The lowest BCUT2D eigenvalue weighted by Gasteiger charge is -2.33. The van der Waals surface area contributed by atoms with E-state index in [1.807, 2.05) is 6.07 Å². The van der Waals surface area contributed by atoms with Gasteiger partial charge in [0.15, 0.2) is 0 Å². The van der Waals surface area contributed by atoms with Gasteiger partial charge < -0.3 is 5.32 Å².